The third-order valence-corrected chi connectivity index (χ3v) is 2.93. The number of likely N-dealkylation sites (N-methyl/N-ethyl adjacent to an activating group) is 1. The predicted molar refractivity (Wildman–Crippen MR) is 73.6 cm³/mol. The smallest absolute Gasteiger partial charge is 0.0871 e. The summed E-state index contributed by atoms with van der Waals surface area (Å²) in [5.74, 6) is 0. The molecule has 0 saturated carbocycles. The molecule has 3 heteroatoms. The highest BCUT2D eigenvalue weighted by atomic mass is 16.5. The number of hydrogen-bond donors (Lipinski definition) is 1. The molecule has 0 radical (unpaired) electrons. The molecule has 1 unspecified atom stereocenters. The van der Waals surface area contributed by atoms with E-state index in [9.17, 15) is 0 Å². The van der Waals surface area contributed by atoms with Gasteiger partial charge in [0, 0.05) is 32.4 Å². The first-order valence-electron chi connectivity index (χ1n) is 6.33. The van der Waals surface area contributed by atoms with Gasteiger partial charge in [-0.25, -0.2) is 0 Å². The third-order valence-electron chi connectivity index (χ3n) is 2.93. The Kier molecular flexibility index (Phi) is 6.01. The zero-order valence-electron chi connectivity index (χ0n) is 11.1. The molecule has 0 aliphatic heterocycles. The predicted octanol–water partition coefficient (Wildman–Crippen LogP) is 2.05. The molecule has 3 nitrogen and oxygen atoms in total. The second kappa shape index (κ2) is 7.30. The minimum atomic E-state index is 0.107. The molecule has 1 aromatic carbocycles. The fraction of sp³-hybridized carbons (Fsp3) is 0.571. The summed E-state index contributed by atoms with van der Waals surface area (Å²) in [6.45, 7) is 6.27. The third kappa shape index (κ3) is 4.36. The summed E-state index contributed by atoms with van der Waals surface area (Å²) >= 11 is 0. The first-order valence-corrected chi connectivity index (χ1v) is 6.33. The van der Waals surface area contributed by atoms with Crippen LogP contribution in [0.25, 0.3) is 0 Å². The van der Waals surface area contributed by atoms with E-state index in [4.69, 9.17) is 10.5 Å². The van der Waals surface area contributed by atoms with Crippen LogP contribution in [0.1, 0.15) is 19.4 Å². The highest BCUT2D eigenvalue weighted by Crippen LogP contribution is 2.14. The van der Waals surface area contributed by atoms with Crippen LogP contribution in [-0.2, 0) is 11.2 Å². The van der Waals surface area contributed by atoms with Gasteiger partial charge >= 0.3 is 0 Å². The van der Waals surface area contributed by atoms with Gasteiger partial charge in [-0.2, -0.15) is 0 Å². The lowest BCUT2D eigenvalue weighted by Crippen LogP contribution is -2.36. The largest absolute Gasteiger partial charge is 0.375 e. The van der Waals surface area contributed by atoms with Crippen molar-refractivity contribution in [3.05, 3.63) is 29.8 Å². The maximum atomic E-state index is 5.68. The Bertz CT molecular complexity index is 311. The maximum Gasteiger partial charge on any atom is 0.0871 e. The number of rotatable bonds is 7. The second-order valence-corrected chi connectivity index (χ2v) is 4.21. The van der Waals surface area contributed by atoms with E-state index in [0.717, 1.165) is 13.0 Å². The summed E-state index contributed by atoms with van der Waals surface area (Å²) in [5.41, 5.74) is 8.25. The van der Waals surface area contributed by atoms with Gasteiger partial charge in [0.25, 0.3) is 0 Å². The van der Waals surface area contributed by atoms with Gasteiger partial charge in [-0.05, 0) is 31.0 Å². The van der Waals surface area contributed by atoms with E-state index in [-0.39, 0.29) is 6.10 Å². The molecule has 0 aliphatic carbocycles. The first kappa shape index (κ1) is 14.0. The minimum absolute atomic E-state index is 0.107. The molecular weight excluding hydrogens is 212 g/mol. The molecule has 0 aromatic heterocycles. The van der Waals surface area contributed by atoms with Gasteiger partial charge in [0.2, 0.25) is 0 Å². The van der Waals surface area contributed by atoms with E-state index in [1.165, 1.54) is 11.3 Å². The van der Waals surface area contributed by atoms with Gasteiger partial charge in [0.15, 0.2) is 0 Å². The Morgan fingerprint density at radius 2 is 1.88 bits per heavy atom. The Morgan fingerprint density at radius 3 is 2.35 bits per heavy atom. The van der Waals surface area contributed by atoms with Crippen LogP contribution in [-0.4, -0.2) is 32.8 Å². The molecule has 17 heavy (non-hydrogen) atoms. The number of aryl methyl sites for hydroxylation is 1. The van der Waals surface area contributed by atoms with Crippen molar-refractivity contribution < 1.29 is 4.74 Å². The summed E-state index contributed by atoms with van der Waals surface area (Å²) < 4.78 is 5.56. The van der Waals surface area contributed by atoms with Gasteiger partial charge in [0.1, 0.15) is 0 Å². The van der Waals surface area contributed by atoms with Crippen LogP contribution in [0.4, 0.5) is 5.69 Å². The molecule has 2 N–H and O–H groups in total. The standard InChI is InChI=1S/C14H24N2O/c1-4-12-6-8-13(9-7-12)16(3)11-14(10-15)17-5-2/h6-9,14H,4-5,10-11,15H2,1-3H3. The second-order valence-electron chi connectivity index (χ2n) is 4.21. The zero-order valence-corrected chi connectivity index (χ0v) is 11.1. The van der Waals surface area contributed by atoms with Crippen LogP contribution in [0, 0.1) is 0 Å². The molecule has 0 spiro atoms. The Morgan fingerprint density at radius 1 is 1.24 bits per heavy atom. The molecule has 1 aromatic rings. The number of nitrogens with two attached hydrogens (primary N) is 1. The Hall–Kier alpha value is -1.06. The summed E-state index contributed by atoms with van der Waals surface area (Å²) in [6, 6.07) is 8.64. The summed E-state index contributed by atoms with van der Waals surface area (Å²) in [5, 5.41) is 0. The van der Waals surface area contributed by atoms with E-state index in [0.29, 0.717) is 13.2 Å². The quantitative estimate of drug-likeness (QED) is 0.787. The van der Waals surface area contributed by atoms with Gasteiger partial charge in [0.05, 0.1) is 6.10 Å². The van der Waals surface area contributed by atoms with E-state index in [1.807, 2.05) is 6.92 Å². The number of benzene rings is 1. The topological polar surface area (TPSA) is 38.5 Å². The molecule has 0 fully saturated rings. The van der Waals surface area contributed by atoms with E-state index >= 15 is 0 Å². The van der Waals surface area contributed by atoms with E-state index in [1.54, 1.807) is 0 Å². The molecule has 0 bridgehead atoms. The highest BCUT2D eigenvalue weighted by Gasteiger charge is 2.10. The lowest BCUT2D eigenvalue weighted by atomic mass is 10.1. The van der Waals surface area contributed by atoms with Crippen LogP contribution < -0.4 is 10.6 Å². The van der Waals surface area contributed by atoms with Crippen molar-refractivity contribution in [3.8, 4) is 0 Å². The van der Waals surface area contributed by atoms with Crippen molar-refractivity contribution in [2.45, 2.75) is 26.4 Å². The van der Waals surface area contributed by atoms with Gasteiger partial charge < -0.3 is 15.4 Å². The van der Waals surface area contributed by atoms with E-state index in [2.05, 4.69) is 43.1 Å². The summed E-state index contributed by atoms with van der Waals surface area (Å²) in [7, 11) is 2.07. The average molecular weight is 236 g/mol. The highest BCUT2D eigenvalue weighted by molar-refractivity contribution is 5.47. The average Bonchev–Trinajstić information content (AvgIpc) is 2.38. The SMILES string of the molecule is CCOC(CN)CN(C)c1ccc(CC)cc1. The zero-order chi connectivity index (χ0) is 12.7. The molecule has 0 amide bonds. The van der Waals surface area contributed by atoms with Crippen molar-refractivity contribution in [3.63, 3.8) is 0 Å². The van der Waals surface area contributed by atoms with Crippen LogP contribution in [0.3, 0.4) is 0 Å². The van der Waals surface area contributed by atoms with Crippen molar-refractivity contribution in [1.82, 2.24) is 0 Å². The fourth-order valence-corrected chi connectivity index (χ4v) is 1.83. The van der Waals surface area contributed by atoms with Crippen molar-refractivity contribution in [2.24, 2.45) is 5.73 Å². The van der Waals surface area contributed by atoms with Crippen LogP contribution in [0.2, 0.25) is 0 Å². The lowest BCUT2D eigenvalue weighted by molar-refractivity contribution is 0.0745. The number of nitrogens with zero attached hydrogens (tertiary/aromatic N) is 1. The molecule has 1 atom stereocenters. The minimum Gasteiger partial charge on any atom is -0.375 e. The molecular formula is C14H24N2O. The van der Waals surface area contributed by atoms with Crippen molar-refractivity contribution >= 4 is 5.69 Å². The van der Waals surface area contributed by atoms with Gasteiger partial charge in [-0.1, -0.05) is 19.1 Å². The Labute approximate surface area is 105 Å². The summed E-state index contributed by atoms with van der Waals surface area (Å²) in [4.78, 5) is 2.19. The number of anilines is 1. The van der Waals surface area contributed by atoms with Crippen LogP contribution in [0.15, 0.2) is 24.3 Å². The summed E-state index contributed by atoms with van der Waals surface area (Å²) in [6.07, 6.45) is 1.19. The molecule has 0 saturated heterocycles. The lowest BCUT2D eigenvalue weighted by Gasteiger charge is -2.25. The van der Waals surface area contributed by atoms with E-state index < -0.39 is 0 Å². The fourth-order valence-electron chi connectivity index (χ4n) is 1.83. The molecule has 1 rings (SSSR count). The van der Waals surface area contributed by atoms with Gasteiger partial charge in [-0.15, -0.1) is 0 Å². The van der Waals surface area contributed by atoms with Crippen LogP contribution >= 0.6 is 0 Å². The van der Waals surface area contributed by atoms with Crippen molar-refractivity contribution in [1.29, 1.82) is 0 Å². The Balaban J connectivity index is 2.58. The molecule has 0 aliphatic rings. The van der Waals surface area contributed by atoms with Gasteiger partial charge in [-0.3, -0.25) is 0 Å². The first-order chi connectivity index (χ1) is 8.21. The number of hydrogen-bond acceptors (Lipinski definition) is 3. The molecule has 96 valence electrons. The molecule has 0 heterocycles. The normalized spacial score (nSPS) is 12.5. The maximum absolute atomic E-state index is 5.68. The number of ether oxygens (including phenoxy) is 1. The van der Waals surface area contributed by atoms with Crippen molar-refractivity contribution in [2.75, 3.05) is 31.6 Å². The van der Waals surface area contributed by atoms with Crippen LogP contribution in [0.5, 0.6) is 0 Å². The monoisotopic (exact) mass is 236 g/mol.